The first-order valence-electron chi connectivity index (χ1n) is 3.00. The number of hydrogen-bond acceptors (Lipinski definition) is 3. The monoisotopic (exact) mass is 136 g/mol. The molecule has 0 saturated carbocycles. The van der Waals surface area contributed by atoms with Gasteiger partial charge in [-0.2, -0.15) is 0 Å². The molecule has 52 valence electrons. The van der Waals surface area contributed by atoms with Crippen LogP contribution in [0.3, 0.4) is 0 Å². The summed E-state index contributed by atoms with van der Waals surface area (Å²) >= 11 is 0. The van der Waals surface area contributed by atoms with Crippen molar-refractivity contribution in [2.24, 2.45) is 0 Å². The average molecular weight is 136 g/mol. The van der Waals surface area contributed by atoms with Gasteiger partial charge in [-0.15, -0.1) is 0 Å². The summed E-state index contributed by atoms with van der Waals surface area (Å²) < 4.78 is 0. The van der Waals surface area contributed by atoms with Crippen molar-refractivity contribution in [1.29, 1.82) is 0 Å². The number of hydrogen-bond donors (Lipinski definition) is 0. The highest BCUT2D eigenvalue weighted by Crippen LogP contribution is 1.95. The Morgan fingerprint density at radius 2 is 2.10 bits per heavy atom. The van der Waals surface area contributed by atoms with Gasteiger partial charge in [0, 0.05) is 5.69 Å². The second-order valence-electron chi connectivity index (χ2n) is 2.10. The zero-order chi connectivity index (χ0) is 7.56. The van der Waals surface area contributed by atoms with Crippen LogP contribution in [0.15, 0.2) is 6.07 Å². The Labute approximate surface area is 59.1 Å². The van der Waals surface area contributed by atoms with E-state index in [1.54, 1.807) is 13.0 Å². The third-order valence-corrected chi connectivity index (χ3v) is 1.11. The molecule has 0 saturated heterocycles. The van der Waals surface area contributed by atoms with E-state index in [0.717, 1.165) is 12.0 Å². The third-order valence-electron chi connectivity index (χ3n) is 1.11. The quantitative estimate of drug-likeness (QED) is 0.539. The van der Waals surface area contributed by atoms with E-state index in [1.165, 1.54) is 0 Å². The molecule has 0 fully saturated rings. The summed E-state index contributed by atoms with van der Waals surface area (Å²) in [4.78, 5) is 18.1. The molecule has 0 aromatic carbocycles. The first kappa shape index (κ1) is 6.86. The molecule has 0 atom stereocenters. The maximum Gasteiger partial charge on any atom is 0.168 e. The fraction of sp³-hybridized carbons (Fsp3) is 0.286. The van der Waals surface area contributed by atoms with E-state index >= 15 is 0 Å². The summed E-state index contributed by atoms with van der Waals surface area (Å²) in [5.41, 5.74) is 1.28. The fourth-order valence-corrected chi connectivity index (χ4v) is 0.806. The molecule has 0 radical (unpaired) electrons. The number of carbonyl (C=O) groups excluding carboxylic acids is 1. The molecule has 3 heteroatoms. The predicted molar refractivity (Wildman–Crippen MR) is 36.9 cm³/mol. The number of carbonyl (C=O) groups is 1. The van der Waals surface area contributed by atoms with Crippen molar-refractivity contribution in [2.45, 2.75) is 13.8 Å². The lowest BCUT2D eigenvalue weighted by atomic mass is 10.3. The van der Waals surface area contributed by atoms with Crippen molar-refractivity contribution < 1.29 is 4.79 Å². The molecule has 1 aromatic rings. The van der Waals surface area contributed by atoms with Crippen LogP contribution in [0.1, 0.15) is 22.0 Å². The molecule has 0 unspecified atom stereocenters. The van der Waals surface area contributed by atoms with Gasteiger partial charge in [0.15, 0.2) is 6.29 Å². The summed E-state index contributed by atoms with van der Waals surface area (Å²) in [7, 11) is 0. The highest BCUT2D eigenvalue weighted by molar-refractivity contribution is 5.71. The Morgan fingerprint density at radius 1 is 1.40 bits per heavy atom. The Balaban J connectivity index is 3.18. The number of nitrogens with zero attached hydrogens (tertiary/aromatic N) is 2. The smallest absolute Gasteiger partial charge is 0.168 e. The summed E-state index contributed by atoms with van der Waals surface area (Å²) in [6.45, 7) is 3.60. The van der Waals surface area contributed by atoms with Gasteiger partial charge in [-0.1, -0.05) is 0 Å². The van der Waals surface area contributed by atoms with E-state index in [-0.39, 0.29) is 0 Å². The molecule has 0 N–H and O–H groups in total. The zero-order valence-electron chi connectivity index (χ0n) is 5.96. The molecule has 1 aromatic heterocycles. The summed E-state index contributed by atoms with van der Waals surface area (Å²) in [5, 5.41) is 0. The number of rotatable bonds is 1. The summed E-state index contributed by atoms with van der Waals surface area (Å²) in [5.74, 6) is 0.641. The maximum atomic E-state index is 10.2. The van der Waals surface area contributed by atoms with Crippen molar-refractivity contribution >= 4 is 6.29 Å². The minimum absolute atomic E-state index is 0.449. The highest BCUT2D eigenvalue weighted by Gasteiger charge is 1.94. The molecule has 0 aliphatic rings. The van der Waals surface area contributed by atoms with Crippen molar-refractivity contribution in [1.82, 2.24) is 9.97 Å². The second kappa shape index (κ2) is 2.56. The molecule has 0 aliphatic heterocycles. The topological polar surface area (TPSA) is 42.9 Å². The van der Waals surface area contributed by atoms with Gasteiger partial charge in [-0.3, -0.25) is 4.79 Å². The lowest BCUT2D eigenvalue weighted by Crippen LogP contribution is -1.95. The van der Waals surface area contributed by atoms with Crippen LogP contribution in [-0.4, -0.2) is 16.3 Å². The highest BCUT2D eigenvalue weighted by atomic mass is 16.1. The molecule has 0 aliphatic carbocycles. The van der Waals surface area contributed by atoms with E-state index in [4.69, 9.17) is 0 Å². The van der Waals surface area contributed by atoms with E-state index in [2.05, 4.69) is 9.97 Å². The second-order valence-corrected chi connectivity index (χ2v) is 2.10. The third kappa shape index (κ3) is 1.37. The largest absolute Gasteiger partial charge is 0.296 e. The summed E-state index contributed by atoms with van der Waals surface area (Å²) in [6.07, 6.45) is 0.724. The molecule has 1 heterocycles. The van der Waals surface area contributed by atoms with Gasteiger partial charge in [-0.05, 0) is 19.9 Å². The van der Waals surface area contributed by atoms with E-state index in [9.17, 15) is 4.79 Å². The van der Waals surface area contributed by atoms with E-state index in [0.29, 0.717) is 11.5 Å². The van der Waals surface area contributed by atoms with Crippen LogP contribution in [0.4, 0.5) is 0 Å². The minimum Gasteiger partial charge on any atom is -0.296 e. The van der Waals surface area contributed by atoms with Crippen LogP contribution in [-0.2, 0) is 0 Å². The Kier molecular flexibility index (Phi) is 1.76. The van der Waals surface area contributed by atoms with Gasteiger partial charge in [0.05, 0.1) is 0 Å². The van der Waals surface area contributed by atoms with Crippen molar-refractivity contribution in [3.8, 4) is 0 Å². The van der Waals surface area contributed by atoms with Crippen LogP contribution in [0.2, 0.25) is 0 Å². The molecular formula is C7H8N2O. The lowest BCUT2D eigenvalue weighted by molar-refractivity contribution is 0.111. The Morgan fingerprint density at radius 3 is 2.60 bits per heavy atom. The Hall–Kier alpha value is -1.25. The van der Waals surface area contributed by atoms with Gasteiger partial charge in [0.25, 0.3) is 0 Å². The van der Waals surface area contributed by atoms with Gasteiger partial charge in [0.2, 0.25) is 0 Å². The molecule has 1 rings (SSSR count). The average Bonchev–Trinajstić information content (AvgIpc) is 1.85. The van der Waals surface area contributed by atoms with Crippen molar-refractivity contribution in [3.05, 3.63) is 23.3 Å². The lowest BCUT2D eigenvalue weighted by Gasteiger charge is -1.94. The van der Waals surface area contributed by atoms with Crippen LogP contribution in [0, 0.1) is 13.8 Å². The number of aryl methyl sites for hydroxylation is 2. The maximum absolute atomic E-state index is 10.2. The standard InChI is InChI=1S/C7H8N2O/c1-5-3-7(4-10)9-6(2)8-5/h3-4H,1-2H3. The summed E-state index contributed by atoms with van der Waals surface area (Å²) in [6, 6.07) is 1.65. The number of aromatic nitrogens is 2. The van der Waals surface area contributed by atoms with Gasteiger partial charge < -0.3 is 0 Å². The normalized spacial score (nSPS) is 9.40. The first-order chi connectivity index (χ1) is 4.72. The number of aldehydes is 1. The zero-order valence-corrected chi connectivity index (χ0v) is 5.96. The van der Waals surface area contributed by atoms with Crippen molar-refractivity contribution in [3.63, 3.8) is 0 Å². The Bertz CT molecular complexity index is 238. The minimum atomic E-state index is 0.449. The first-order valence-corrected chi connectivity index (χ1v) is 3.00. The van der Waals surface area contributed by atoms with E-state index in [1.807, 2.05) is 6.92 Å². The predicted octanol–water partition coefficient (Wildman–Crippen LogP) is 0.906. The molecular weight excluding hydrogens is 128 g/mol. The molecule has 3 nitrogen and oxygen atoms in total. The van der Waals surface area contributed by atoms with Crippen molar-refractivity contribution in [2.75, 3.05) is 0 Å². The molecule has 0 amide bonds. The van der Waals surface area contributed by atoms with Crippen LogP contribution >= 0.6 is 0 Å². The molecule has 0 bridgehead atoms. The van der Waals surface area contributed by atoms with Gasteiger partial charge in [-0.25, -0.2) is 9.97 Å². The van der Waals surface area contributed by atoms with Crippen LogP contribution in [0.25, 0.3) is 0 Å². The molecule has 0 spiro atoms. The van der Waals surface area contributed by atoms with E-state index < -0.39 is 0 Å². The van der Waals surface area contributed by atoms with Crippen LogP contribution in [0.5, 0.6) is 0 Å². The SMILES string of the molecule is Cc1cc(C=O)nc(C)n1. The van der Waals surface area contributed by atoms with Gasteiger partial charge in [0.1, 0.15) is 11.5 Å². The van der Waals surface area contributed by atoms with Crippen LogP contribution < -0.4 is 0 Å². The van der Waals surface area contributed by atoms with Gasteiger partial charge >= 0.3 is 0 Å². The molecule has 10 heavy (non-hydrogen) atoms. The fourth-order valence-electron chi connectivity index (χ4n) is 0.806.